The van der Waals surface area contributed by atoms with Crippen LogP contribution in [0.1, 0.15) is 69.6 Å². The highest BCUT2D eigenvalue weighted by Crippen LogP contribution is 2.48. The van der Waals surface area contributed by atoms with E-state index in [1.807, 2.05) is 6.07 Å². The molecular formula is C18H26O2. The standard InChI is InChI=1S/C18H26O2/c1-13-5-6-16-14(11-13)15(19)12-18(20-16)8-4-7-17(2,3)9-10-18/h5-6,11,15,19H,4,7-10,12H2,1-3H3/t15-,18?/m0/s1. The number of aryl methyl sites for hydroxylation is 1. The first-order chi connectivity index (χ1) is 9.39. The van der Waals surface area contributed by atoms with Gasteiger partial charge < -0.3 is 9.84 Å². The van der Waals surface area contributed by atoms with Gasteiger partial charge in [-0.2, -0.15) is 0 Å². The molecule has 1 spiro atoms. The first-order valence-electron chi connectivity index (χ1n) is 7.87. The number of benzene rings is 1. The van der Waals surface area contributed by atoms with E-state index in [0.29, 0.717) is 5.41 Å². The van der Waals surface area contributed by atoms with Crippen LogP contribution in [0.2, 0.25) is 0 Å². The maximum atomic E-state index is 10.5. The lowest BCUT2D eigenvalue weighted by Crippen LogP contribution is -2.41. The number of rotatable bonds is 0. The molecule has 1 aliphatic heterocycles. The molecule has 0 amide bonds. The molecule has 1 aliphatic carbocycles. The summed E-state index contributed by atoms with van der Waals surface area (Å²) < 4.78 is 6.40. The summed E-state index contributed by atoms with van der Waals surface area (Å²) in [4.78, 5) is 0. The molecule has 2 nitrogen and oxygen atoms in total. The lowest BCUT2D eigenvalue weighted by Gasteiger charge is -2.41. The van der Waals surface area contributed by atoms with Gasteiger partial charge in [0, 0.05) is 12.0 Å². The predicted octanol–water partition coefficient (Wildman–Crippen LogP) is 4.54. The van der Waals surface area contributed by atoms with E-state index in [-0.39, 0.29) is 11.7 Å². The Labute approximate surface area is 122 Å². The zero-order valence-corrected chi connectivity index (χ0v) is 12.9. The van der Waals surface area contributed by atoms with E-state index in [2.05, 4.69) is 32.9 Å². The molecule has 0 bridgehead atoms. The molecule has 20 heavy (non-hydrogen) atoms. The van der Waals surface area contributed by atoms with Crippen LogP contribution in [0.25, 0.3) is 0 Å². The second-order valence-electron chi connectivity index (χ2n) is 7.56. The molecule has 110 valence electrons. The van der Waals surface area contributed by atoms with E-state index in [1.54, 1.807) is 0 Å². The summed E-state index contributed by atoms with van der Waals surface area (Å²) in [7, 11) is 0. The van der Waals surface area contributed by atoms with E-state index >= 15 is 0 Å². The molecule has 1 aromatic rings. The molecule has 1 N–H and O–H groups in total. The molecular weight excluding hydrogens is 248 g/mol. The predicted molar refractivity (Wildman–Crippen MR) is 81.0 cm³/mol. The highest BCUT2D eigenvalue weighted by Gasteiger charge is 2.42. The van der Waals surface area contributed by atoms with E-state index < -0.39 is 0 Å². The van der Waals surface area contributed by atoms with Gasteiger partial charge in [-0.1, -0.05) is 25.5 Å². The SMILES string of the molecule is Cc1ccc2c(c1)[C@@H](O)CC1(CCCC(C)(C)CC1)O2. The summed E-state index contributed by atoms with van der Waals surface area (Å²) >= 11 is 0. The molecule has 1 fully saturated rings. The summed E-state index contributed by atoms with van der Waals surface area (Å²) in [5.74, 6) is 0.897. The molecule has 1 unspecified atom stereocenters. The Morgan fingerprint density at radius 2 is 1.95 bits per heavy atom. The number of aliphatic hydroxyl groups excluding tert-OH is 1. The molecule has 1 heterocycles. The molecule has 1 saturated carbocycles. The average Bonchev–Trinajstić information content (AvgIpc) is 2.51. The van der Waals surface area contributed by atoms with Crippen molar-refractivity contribution in [3.05, 3.63) is 29.3 Å². The largest absolute Gasteiger partial charge is 0.487 e. The maximum Gasteiger partial charge on any atom is 0.125 e. The lowest BCUT2D eigenvalue weighted by atomic mass is 9.81. The van der Waals surface area contributed by atoms with Crippen molar-refractivity contribution < 1.29 is 9.84 Å². The topological polar surface area (TPSA) is 29.5 Å². The summed E-state index contributed by atoms with van der Waals surface area (Å²) in [5, 5.41) is 10.5. The first kappa shape index (κ1) is 13.9. The molecule has 2 aliphatic rings. The zero-order chi connectivity index (χ0) is 14.4. The van der Waals surface area contributed by atoms with Gasteiger partial charge in [-0.05, 0) is 56.6 Å². The summed E-state index contributed by atoms with van der Waals surface area (Å²) in [6.07, 6.45) is 6.14. The summed E-state index contributed by atoms with van der Waals surface area (Å²) in [6, 6.07) is 6.17. The number of hydrogen-bond acceptors (Lipinski definition) is 2. The Balaban J connectivity index is 1.88. The monoisotopic (exact) mass is 274 g/mol. The van der Waals surface area contributed by atoms with Crippen molar-refractivity contribution in [2.45, 2.75) is 71.0 Å². The van der Waals surface area contributed by atoms with E-state index in [1.165, 1.54) is 24.8 Å². The van der Waals surface area contributed by atoms with Gasteiger partial charge in [0.2, 0.25) is 0 Å². The molecule has 0 aromatic heterocycles. The van der Waals surface area contributed by atoms with E-state index in [4.69, 9.17) is 4.74 Å². The lowest BCUT2D eigenvalue weighted by molar-refractivity contribution is -0.0260. The Morgan fingerprint density at radius 1 is 1.15 bits per heavy atom. The highest BCUT2D eigenvalue weighted by molar-refractivity contribution is 5.41. The third kappa shape index (κ3) is 2.58. The van der Waals surface area contributed by atoms with Crippen LogP contribution in [-0.4, -0.2) is 10.7 Å². The van der Waals surface area contributed by atoms with E-state index in [0.717, 1.165) is 30.6 Å². The zero-order valence-electron chi connectivity index (χ0n) is 12.9. The molecule has 3 rings (SSSR count). The fourth-order valence-electron chi connectivity index (χ4n) is 3.77. The normalized spacial score (nSPS) is 32.3. The van der Waals surface area contributed by atoms with Crippen molar-refractivity contribution >= 4 is 0 Å². The van der Waals surface area contributed by atoms with Crippen LogP contribution < -0.4 is 4.74 Å². The molecule has 2 heteroatoms. The van der Waals surface area contributed by atoms with Crippen LogP contribution in [0.5, 0.6) is 5.75 Å². The van der Waals surface area contributed by atoms with Crippen LogP contribution >= 0.6 is 0 Å². The van der Waals surface area contributed by atoms with Gasteiger partial charge in [0.15, 0.2) is 0 Å². The second-order valence-corrected chi connectivity index (χ2v) is 7.56. The number of fused-ring (bicyclic) bond motifs is 1. The maximum absolute atomic E-state index is 10.5. The van der Waals surface area contributed by atoms with Crippen LogP contribution in [-0.2, 0) is 0 Å². The molecule has 2 atom stereocenters. The van der Waals surface area contributed by atoms with Crippen molar-refractivity contribution in [3.8, 4) is 5.75 Å². The minimum atomic E-state index is -0.375. The number of aliphatic hydroxyl groups is 1. The Bertz CT molecular complexity index is 506. The minimum absolute atomic E-state index is 0.143. The number of ether oxygens (including phenoxy) is 1. The third-order valence-electron chi connectivity index (χ3n) is 5.16. The average molecular weight is 274 g/mol. The summed E-state index contributed by atoms with van der Waals surface area (Å²) in [6.45, 7) is 6.76. The van der Waals surface area contributed by atoms with Crippen LogP contribution in [0, 0.1) is 12.3 Å². The Kier molecular flexibility index (Phi) is 3.32. The van der Waals surface area contributed by atoms with Crippen LogP contribution in [0.3, 0.4) is 0 Å². The molecule has 1 aromatic carbocycles. The smallest absolute Gasteiger partial charge is 0.125 e. The van der Waals surface area contributed by atoms with E-state index in [9.17, 15) is 5.11 Å². The second kappa shape index (κ2) is 4.77. The van der Waals surface area contributed by atoms with Crippen LogP contribution in [0.4, 0.5) is 0 Å². The number of hydrogen-bond donors (Lipinski definition) is 1. The quantitative estimate of drug-likeness (QED) is 0.752. The first-order valence-corrected chi connectivity index (χ1v) is 7.87. The molecule has 0 radical (unpaired) electrons. The van der Waals surface area contributed by atoms with Gasteiger partial charge in [-0.3, -0.25) is 0 Å². The van der Waals surface area contributed by atoms with Gasteiger partial charge in [-0.25, -0.2) is 0 Å². The van der Waals surface area contributed by atoms with Gasteiger partial charge in [0.05, 0.1) is 6.10 Å². The van der Waals surface area contributed by atoms with Crippen LogP contribution in [0.15, 0.2) is 18.2 Å². The Hall–Kier alpha value is -1.02. The van der Waals surface area contributed by atoms with Crippen molar-refractivity contribution in [1.29, 1.82) is 0 Å². The van der Waals surface area contributed by atoms with Gasteiger partial charge >= 0.3 is 0 Å². The highest BCUT2D eigenvalue weighted by atomic mass is 16.5. The minimum Gasteiger partial charge on any atom is -0.487 e. The van der Waals surface area contributed by atoms with Crippen molar-refractivity contribution in [2.24, 2.45) is 5.41 Å². The van der Waals surface area contributed by atoms with Crippen molar-refractivity contribution in [2.75, 3.05) is 0 Å². The fourth-order valence-corrected chi connectivity index (χ4v) is 3.77. The Morgan fingerprint density at radius 3 is 2.75 bits per heavy atom. The molecule has 0 saturated heterocycles. The van der Waals surface area contributed by atoms with Crippen molar-refractivity contribution in [3.63, 3.8) is 0 Å². The third-order valence-corrected chi connectivity index (χ3v) is 5.16. The fraction of sp³-hybridized carbons (Fsp3) is 0.667. The van der Waals surface area contributed by atoms with Crippen molar-refractivity contribution in [1.82, 2.24) is 0 Å². The van der Waals surface area contributed by atoms with Gasteiger partial charge in [-0.15, -0.1) is 0 Å². The van der Waals surface area contributed by atoms with Gasteiger partial charge in [0.25, 0.3) is 0 Å². The van der Waals surface area contributed by atoms with Gasteiger partial charge in [0.1, 0.15) is 11.4 Å². The summed E-state index contributed by atoms with van der Waals surface area (Å²) in [5.41, 5.74) is 2.42.